The van der Waals surface area contributed by atoms with Crippen molar-refractivity contribution in [1.82, 2.24) is 9.55 Å². The molecule has 0 radical (unpaired) electrons. The van der Waals surface area contributed by atoms with Crippen molar-refractivity contribution in [3.8, 4) is 16.9 Å². The van der Waals surface area contributed by atoms with Gasteiger partial charge < -0.3 is 30.6 Å². The molecule has 216 valence electrons. The van der Waals surface area contributed by atoms with Crippen LogP contribution < -0.4 is 15.8 Å². The number of alkyl halides is 3. The largest absolute Gasteiger partial charge is 0.511 e. The lowest BCUT2D eigenvalue weighted by Gasteiger charge is -2.12. The Kier molecular flexibility index (Phi) is 9.90. The van der Waals surface area contributed by atoms with E-state index in [1.165, 1.54) is 0 Å². The van der Waals surface area contributed by atoms with Crippen LogP contribution in [0.5, 0.6) is 5.75 Å². The van der Waals surface area contributed by atoms with Crippen molar-refractivity contribution < 1.29 is 42.5 Å². The van der Waals surface area contributed by atoms with Crippen molar-refractivity contribution in [2.24, 2.45) is 5.73 Å². The number of carboxylic acids is 1. The van der Waals surface area contributed by atoms with E-state index >= 15 is 0 Å². The molecule has 0 saturated carbocycles. The van der Waals surface area contributed by atoms with Gasteiger partial charge in [-0.1, -0.05) is 55.8 Å². The number of amides is 2. The third kappa shape index (κ3) is 8.46. The highest BCUT2D eigenvalue weighted by Gasteiger charge is 2.38. The van der Waals surface area contributed by atoms with Gasteiger partial charge in [-0.15, -0.1) is 0 Å². The zero-order valence-electron chi connectivity index (χ0n) is 21.8. The Morgan fingerprint density at radius 1 is 1.02 bits per heavy atom. The lowest BCUT2D eigenvalue weighted by atomic mass is 10.0. The monoisotopic (exact) mass is 572 g/mol. The molecule has 10 nitrogen and oxygen atoms in total. The van der Waals surface area contributed by atoms with Gasteiger partial charge in [0, 0.05) is 24.2 Å². The van der Waals surface area contributed by atoms with Gasteiger partial charge in [0.05, 0.1) is 11.0 Å². The number of hydrogen-bond acceptors (Lipinski definition) is 5. The minimum atomic E-state index is -5.08. The Morgan fingerprint density at radius 3 is 2.27 bits per heavy atom. The second kappa shape index (κ2) is 13.3. The van der Waals surface area contributed by atoms with Crippen molar-refractivity contribution in [2.45, 2.75) is 38.9 Å². The maximum atomic E-state index is 11.3. The number of imidazole rings is 1. The summed E-state index contributed by atoms with van der Waals surface area (Å²) in [5, 5.41) is 18.8. The molecule has 4 aromatic rings. The van der Waals surface area contributed by atoms with Crippen molar-refractivity contribution in [1.29, 1.82) is 0 Å². The van der Waals surface area contributed by atoms with E-state index in [0.29, 0.717) is 23.5 Å². The number of hydrogen-bond donors (Lipinski definition) is 4. The molecular formula is C28H27F3N4O6. The SMILES string of the molecule is CCCCc1nc2ccc(NC(N)=O)cc2n1Cc1ccc(-c2ccccc2OC(=O)O)cc1.O=C(O)C(F)(F)F. The fourth-order valence-electron chi connectivity index (χ4n) is 3.96. The van der Waals surface area contributed by atoms with Gasteiger partial charge >= 0.3 is 24.3 Å². The van der Waals surface area contributed by atoms with Gasteiger partial charge in [-0.3, -0.25) is 0 Å². The fraction of sp³-hybridized carbons (Fsp3) is 0.214. The average Bonchev–Trinajstić information content (AvgIpc) is 3.24. The Hall–Kier alpha value is -5.07. The molecule has 0 bridgehead atoms. The summed E-state index contributed by atoms with van der Waals surface area (Å²) in [6.07, 6.45) is -3.50. The number of nitrogens with zero attached hydrogens (tertiary/aromatic N) is 2. The predicted molar refractivity (Wildman–Crippen MR) is 145 cm³/mol. The Bertz CT molecular complexity index is 1530. The normalized spacial score (nSPS) is 10.9. The number of anilines is 1. The summed E-state index contributed by atoms with van der Waals surface area (Å²) in [5.74, 6) is -1.48. The highest BCUT2D eigenvalue weighted by Crippen LogP contribution is 2.31. The molecule has 4 rings (SSSR count). The first-order valence-corrected chi connectivity index (χ1v) is 12.3. The molecule has 0 spiro atoms. The average molecular weight is 573 g/mol. The van der Waals surface area contributed by atoms with Crippen LogP contribution in [0.1, 0.15) is 31.2 Å². The van der Waals surface area contributed by atoms with E-state index in [1.807, 2.05) is 48.5 Å². The number of unbranched alkanes of at least 4 members (excludes halogenated alkanes) is 1. The fourth-order valence-corrected chi connectivity index (χ4v) is 3.96. The van der Waals surface area contributed by atoms with Crippen molar-refractivity contribution in [3.63, 3.8) is 0 Å². The Morgan fingerprint density at radius 2 is 1.68 bits per heavy atom. The molecule has 2 amide bonds. The number of benzene rings is 3. The number of nitrogens with two attached hydrogens (primary N) is 1. The molecule has 13 heteroatoms. The van der Waals surface area contributed by atoms with Crippen LogP contribution in [0, 0.1) is 0 Å². The van der Waals surface area contributed by atoms with Crippen molar-refractivity contribution in [3.05, 3.63) is 78.1 Å². The van der Waals surface area contributed by atoms with Crippen LogP contribution in [0.25, 0.3) is 22.2 Å². The summed E-state index contributed by atoms with van der Waals surface area (Å²) in [6.45, 7) is 2.75. The standard InChI is InChI=1S/C26H26N4O4.C2HF3O2/c1-2-3-8-24-29-21-14-13-19(28-25(27)31)15-22(21)30(24)16-17-9-11-18(12-10-17)20-6-4-5-7-23(20)34-26(32)33;3-2(4,5)1(6)7/h4-7,9-15H,2-3,8,16H2,1H3,(H,32,33)(H3,27,28,31);(H,6,7). The lowest BCUT2D eigenvalue weighted by molar-refractivity contribution is -0.192. The summed E-state index contributed by atoms with van der Waals surface area (Å²) >= 11 is 0. The molecule has 1 aromatic heterocycles. The predicted octanol–water partition coefficient (Wildman–Crippen LogP) is 6.27. The van der Waals surface area contributed by atoms with Crippen molar-refractivity contribution >= 4 is 34.9 Å². The van der Waals surface area contributed by atoms with Gasteiger partial charge in [0.2, 0.25) is 0 Å². The Labute approximate surface area is 232 Å². The molecule has 5 N–H and O–H groups in total. The second-order valence-electron chi connectivity index (χ2n) is 8.77. The van der Waals surface area contributed by atoms with E-state index in [-0.39, 0.29) is 0 Å². The zero-order valence-corrected chi connectivity index (χ0v) is 21.8. The van der Waals surface area contributed by atoms with Crippen LogP contribution >= 0.6 is 0 Å². The molecule has 0 fully saturated rings. The number of rotatable bonds is 8. The van der Waals surface area contributed by atoms with Crippen LogP contribution in [0.15, 0.2) is 66.7 Å². The van der Waals surface area contributed by atoms with Gasteiger partial charge in [0.1, 0.15) is 11.6 Å². The van der Waals surface area contributed by atoms with E-state index in [0.717, 1.165) is 47.2 Å². The van der Waals surface area contributed by atoms with E-state index in [9.17, 15) is 22.8 Å². The summed E-state index contributed by atoms with van der Waals surface area (Å²) in [7, 11) is 0. The summed E-state index contributed by atoms with van der Waals surface area (Å²) < 4.78 is 38.8. The molecule has 0 aliphatic carbocycles. The maximum absolute atomic E-state index is 11.3. The number of aryl methyl sites for hydroxylation is 1. The van der Waals surface area contributed by atoms with Crippen LogP contribution in [-0.4, -0.2) is 44.1 Å². The molecule has 0 aliphatic rings. The minimum Gasteiger partial charge on any atom is -0.475 e. The zero-order chi connectivity index (χ0) is 30.2. The number of urea groups is 1. The molecule has 0 aliphatic heterocycles. The molecular weight excluding hydrogens is 545 g/mol. The van der Waals surface area contributed by atoms with Crippen LogP contribution in [0.2, 0.25) is 0 Å². The third-order valence-electron chi connectivity index (χ3n) is 5.78. The maximum Gasteiger partial charge on any atom is 0.511 e. The number of para-hydroxylation sites is 1. The summed E-state index contributed by atoms with van der Waals surface area (Å²) in [4.78, 5) is 36.0. The van der Waals surface area contributed by atoms with Gasteiger partial charge in [-0.2, -0.15) is 13.2 Å². The number of carbonyl (C=O) groups is 3. The van der Waals surface area contributed by atoms with Gasteiger partial charge in [0.25, 0.3) is 0 Å². The number of fused-ring (bicyclic) bond motifs is 1. The number of carboxylic acid groups (broad SMARTS) is 2. The van der Waals surface area contributed by atoms with Crippen LogP contribution in [0.4, 0.5) is 28.4 Å². The van der Waals surface area contributed by atoms with Gasteiger partial charge in [-0.25, -0.2) is 19.4 Å². The number of halogens is 3. The number of primary amides is 1. The van der Waals surface area contributed by atoms with E-state index in [2.05, 4.69) is 16.8 Å². The third-order valence-corrected chi connectivity index (χ3v) is 5.78. The quantitative estimate of drug-likeness (QED) is 0.143. The molecule has 0 saturated heterocycles. The van der Waals surface area contributed by atoms with Crippen LogP contribution in [-0.2, 0) is 17.8 Å². The number of nitrogens with one attached hydrogen (secondary N) is 1. The minimum absolute atomic E-state index is 0.291. The van der Waals surface area contributed by atoms with Crippen molar-refractivity contribution in [2.75, 3.05) is 5.32 Å². The van der Waals surface area contributed by atoms with Crippen LogP contribution in [0.3, 0.4) is 0 Å². The first-order valence-electron chi connectivity index (χ1n) is 12.3. The second-order valence-corrected chi connectivity index (χ2v) is 8.77. The first kappa shape index (κ1) is 30.5. The number of ether oxygens (including phenoxy) is 1. The topological polar surface area (TPSA) is 157 Å². The lowest BCUT2D eigenvalue weighted by Crippen LogP contribution is -2.21. The molecule has 1 heterocycles. The number of aromatic nitrogens is 2. The van der Waals surface area contributed by atoms with E-state index in [1.54, 1.807) is 18.2 Å². The first-order chi connectivity index (χ1) is 19.4. The molecule has 41 heavy (non-hydrogen) atoms. The molecule has 3 aromatic carbocycles. The summed E-state index contributed by atoms with van der Waals surface area (Å²) in [6, 6.07) is 19.9. The van der Waals surface area contributed by atoms with E-state index < -0.39 is 24.3 Å². The summed E-state index contributed by atoms with van der Waals surface area (Å²) in [5.41, 5.74) is 10.3. The molecule has 0 atom stereocenters. The van der Waals surface area contributed by atoms with Gasteiger partial charge in [-0.05, 0) is 41.8 Å². The number of aliphatic carboxylic acids is 1. The highest BCUT2D eigenvalue weighted by atomic mass is 19.4. The highest BCUT2D eigenvalue weighted by molar-refractivity contribution is 5.91. The smallest absolute Gasteiger partial charge is 0.475 e. The number of carbonyl (C=O) groups excluding carboxylic acids is 1. The van der Waals surface area contributed by atoms with E-state index in [4.69, 9.17) is 30.5 Å². The molecule has 0 unspecified atom stereocenters. The van der Waals surface area contributed by atoms with Gasteiger partial charge in [0.15, 0.2) is 0 Å². The Balaban J connectivity index is 0.000000587.